The van der Waals surface area contributed by atoms with Crippen molar-refractivity contribution in [2.45, 2.75) is 112 Å². The number of ether oxygens (including phenoxy) is 1. The molecular weight excluding hydrogens is 569 g/mol. The van der Waals surface area contributed by atoms with E-state index in [0.717, 1.165) is 37.6 Å². The number of aliphatic carboxylic acids is 1. The van der Waals surface area contributed by atoms with Crippen molar-refractivity contribution in [3.63, 3.8) is 0 Å². The van der Waals surface area contributed by atoms with Gasteiger partial charge in [-0.05, 0) is 57.2 Å². The summed E-state index contributed by atoms with van der Waals surface area (Å²) in [6.45, 7) is 1.77. The third kappa shape index (κ3) is 11.5. The van der Waals surface area contributed by atoms with Gasteiger partial charge in [-0.25, -0.2) is 8.42 Å². The normalized spacial score (nSPS) is 19.8. The van der Waals surface area contributed by atoms with Crippen LogP contribution in [0.25, 0.3) is 0 Å². The topological polar surface area (TPSA) is 116 Å². The summed E-state index contributed by atoms with van der Waals surface area (Å²) in [6, 6.07) is 5.54. The van der Waals surface area contributed by atoms with Crippen molar-refractivity contribution in [1.29, 1.82) is 5.26 Å². The second kappa shape index (κ2) is 15.8. The molecule has 40 heavy (non-hydrogen) atoms. The molecular formula is C28H40ClF3N2O5S. The van der Waals surface area contributed by atoms with E-state index in [1.165, 1.54) is 51.4 Å². The van der Waals surface area contributed by atoms with Gasteiger partial charge in [0.15, 0.2) is 16.4 Å². The molecule has 0 amide bonds. The van der Waals surface area contributed by atoms with Gasteiger partial charge in [-0.15, -0.1) is 0 Å². The molecule has 7 nitrogen and oxygen atoms in total. The highest BCUT2D eigenvalue weighted by Gasteiger charge is 2.42. The molecule has 2 fully saturated rings. The molecule has 3 rings (SSSR count). The van der Waals surface area contributed by atoms with Crippen molar-refractivity contribution in [2.75, 3.05) is 13.2 Å². The van der Waals surface area contributed by atoms with Gasteiger partial charge in [0.05, 0.1) is 27.2 Å². The lowest BCUT2D eigenvalue weighted by Gasteiger charge is -2.14. The predicted molar refractivity (Wildman–Crippen MR) is 147 cm³/mol. The highest BCUT2D eigenvalue weighted by molar-refractivity contribution is 7.92. The second-order valence-electron chi connectivity index (χ2n) is 10.6. The molecule has 2 N–H and O–H groups in total. The Morgan fingerprint density at radius 2 is 1.77 bits per heavy atom. The van der Waals surface area contributed by atoms with Crippen LogP contribution in [-0.2, 0) is 14.6 Å². The SMILES string of the molecule is CCCCCCCCCCNC1(C#N)CC1.O=C(O)C1CCC(S(=O)(=O)c2ccc(OCC(F)(F)F)cc2Cl)C1. The van der Waals surface area contributed by atoms with Gasteiger partial charge in [0.1, 0.15) is 11.3 Å². The van der Waals surface area contributed by atoms with E-state index in [4.69, 9.17) is 22.0 Å². The fourth-order valence-electron chi connectivity index (χ4n) is 4.63. The number of benzene rings is 1. The van der Waals surface area contributed by atoms with Crippen LogP contribution in [0.5, 0.6) is 5.75 Å². The first-order valence-electron chi connectivity index (χ1n) is 14.0. The number of rotatable bonds is 15. The number of carbonyl (C=O) groups is 1. The standard InChI is InChI=1S/C14H14ClF3O5S.C14H26N2/c15-11-6-9(23-7-14(16,17)18)2-4-12(11)24(21,22)10-3-1-8(5-10)13(19)20;1-2-3-4-5-6-7-8-9-12-16-14(13-15)10-11-14/h2,4,6,8,10H,1,3,5,7H2,(H,19,20);16H,2-12H2,1H3. The molecule has 2 unspecified atom stereocenters. The molecule has 226 valence electrons. The van der Waals surface area contributed by atoms with Crippen molar-refractivity contribution in [3.8, 4) is 11.8 Å². The van der Waals surface area contributed by atoms with E-state index in [2.05, 4.69) is 23.0 Å². The van der Waals surface area contributed by atoms with Gasteiger partial charge in [0, 0.05) is 6.07 Å². The van der Waals surface area contributed by atoms with Crippen LogP contribution in [0.1, 0.15) is 90.4 Å². The fraction of sp³-hybridized carbons (Fsp3) is 0.714. The predicted octanol–water partition coefficient (Wildman–Crippen LogP) is 7.08. The lowest BCUT2D eigenvalue weighted by molar-refractivity contribution is -0.153. The highest BCUT2D eigenvalue weighted by Crippen LogP contribution is 2.37. The number of nitrogens with one attached hydrogen (secondary N) is 1. The smallest absolute Gasteiger partial charge is 0.422 e. The van der Waals surface area contributed by atoms with Crippen molar-refractivity contribution in [3.05, 3.63) is 23.2 Å². The molecule has 0 spiro atoms. The van der Waals surface area contributed by atoms with Crippen LogP contribution in [0.15, 0.2) is 23.1 Å². The summed E-state index contributed by atoms with van der Waals surface area (Å²) in [5.41, 5.74) is -0.110. The van der Waals surface area contributed by atoms with E-state index in [9.17, 15) is 26.4 Å². The average Bonchev–Trinajstić information content (AvgIpc) is 3.48. The number of nitrogens with zero attached hydrogens (tertiary/aromatic N) is 1. The molecule has 12 heteroatoms. The second-order valence-corrected chi connectivity index (χ2v) is 13.2. The van der Waals surface area contributed by atoms with Gasteiger partial charge in [-0.3, -0.25) is 10.1 Å². The summed E-state index contributed by atoms with van der Waals surface area (Å²) in [5, 5.41) is 20.1. The molecule has 2 aliphatic rings. The lowest BCUT2D eigenvalue weighted by Crippen LogP contribution is -2.30. The summed E-state index contributed by atoms with van der Waals surface area (Å²) in [4.78, 5) is 10.7. The van der Waals surface area contributed by atoms with Crippen LogP contribution < -0.4 is 10.1 Å². The zero-order chi connectivity index (χ0) is 29.8. The van der Waals surface area contributed by atoms with Crippen LogP contribution in [0, 0.1) is 17.2 Å². The Hall–Kier alpha value is -2.03. The largest absolute Gasteiger partial charge is 0.484 e. The van der Waals surface area contributed by atoms with E-state index in [1.54, 1.807) is 0 Å². The molecule has 0 heterocycles. The summed E-state index contributed by atoms with van der Waals surface area (Å²) < 4.78 is 66.0. The molecule has 0 radical (unpaired) electrons. The van der Waals surface area contributed by atoms with Gasteiger partial charge < -0.3 is 9.84 Å². The summed E-state index contributed by atoms with van der Waals surface area (Å²) in [5.74, 6) is -1.97. The molecule has 1 aromatic carbocycles. The number of carboxylic acid groups (broad SMARTS) is 1. The maximum atomic E-state index is 12.6. The van der Waals surface area contributed by atoms with Crippen molar-refractivity contribution >= 4 is 27.4 Å². The van der Waals surface area contributed by atoms with Crippen LogP contribution in [0.4, 0.5) is 13.2 Å². The first-order chi connectivity index (χ1) is 18.8. The minimum Gasteiger partial charge on any atom is -0.484 e. The van der Waals surface area contributed by atoms with E-state index >= 15 is 0 Å². The van der Waals surface area contributed by atoms with Gasteiger partial charge >= 0.3 is 12.1 Å². The number of hydrogen-bond donors (Lipinski definition) is 2. The van der Waals surface area contributed by atoms with Gasteiger partial charge in [0.25, 0.3) is 0 Å². The summed E-state index contributed by atoms with van der Waals surface area (Å²) >= 11 is 5.88. The van der Waals surface area contributed by atoms with Gasteiger partial charge in [-0.1, -0.05) is 63.5 Å². The Labute approximate surface area is 240 Å². The Kier molecular flexibility index (Phi) is 13.5. The number of sulfone groups is 1. The molecule has 0 saturated heterocycles. The average molecular weight is 609 g/mol. The molecule has 2 aliphatic carbocycles. The van der Waals surface area contributed by atoms with Crippen molar-refractivity contribution < 1.29 is 36.2 Å². The first-order valence-corrected chi connectivity index (χ1v) is 15.9. The third-order valence-corrected chi connectivity index (χ3v) is 9.94. The molecule has 0 aliphatic heterocycles. The van der Waals surface area contributed by atoms with Crippen LogP contribution in [0.2, 0.25) is 5.02 Å². The highest BCUT2D eigenvalue weighted by atomic mass is 35.5. The maximum absolute atomic E-state index is 12.6. The monoisotopic (exact) mass is 608 g/mol. The van der Waals surface area contributed by atoms with Gasteiger partial charge in [0.2, 0.25) is 0 Å². The Morgan fingerprint density at radius 1 is 1.15 bits per heavy atom. The van der Waals surface area contributed by atoms with Crippen LogP contribution in [-0.4, -0.2) is 49.6 Å². The maximum Gasteiger partial charge on any atom is 0.422 e. The number of carboxylic acids is 1. The fourth-order valence-corrected chi connectivity index (χ4v) is 7.01. The Bertz CT molecular complexity index is 1100. The number of unbranched alkanes of at least 4 members (excludes halogenated alkanes) is 7. The van der Waals surface area contributed by atoms with Crippen LogP contribution >= 0.6 is 11.6 Å². The zero-order valence-electron chi connectivity index (χ0n) is 22.9. The van der Waals surface area contributed by atoms with E-state index in [0.29, 0.717) is 0 Å². The Balaban J connectivity index is 0.000000305. The quantitative estimate of drug-likeness (QED) is 0.204. The molecule has 2 atom stereocenters. The molecule has 2 saturated carbocycles. The third-order valence-electron chi connectivity index (χ3n) is 7.24. The number of nitriles is 1. The minimum atomic E-state index is -4.52. The van der Waals surface area contributed by atoms with Crippen LogP contribution in [0.3, 0.4) is 0 Å². The number of alkyl halides is 3. The molecule has 0 bridgehead atoms. The summed E-state index contributed by atoms with van der Waals surface area (Å²) in [6.07, 6.45) is 8.88. The molecule has 1 aromatic rings. The van der Waals surface area contributed by atoms with E-state index in [1.807, 2.05) is 0 Å². The first kappa shape index (κ1) is 34.2. The summed E-state index contributed by atoms with van der Waals surface area (Å²) in [7, 11) is -3.87. The number of halogens is 4. The Morgan fingerprint density at radius 3 is 2.27 bits per heavy atom. The molecule has 0 aromatic heterocycles. The van der Waals surface area contributed by atoms with Crippen molar-refractivity contribution in [2.24, 2.45) is 5.92 Å². The lowest BCUT2D eigenvalue weighted by atomic mass is 10.1. The zero-order valence-corrected chi connectivity index (χ0v) is 24.5. The number of hydrogen-bond acceptors (Lipinski definition) is 6. The van der Waals surface area contributed by atoms with E-state index < -0.39 is 39.8 Å². The minimum absolute atomic E-state index is 0.0136. The van der Waals surface area contributed by atoms with Crippen molar-refractivity contribution in [1.82, 2.24) is 5.32 Å². The van der Waals surface area contributed by atoms with Gasteiger partial charge in [-0.2, -0.15) is 18.4 Å². The van der Waals surface area contributed by atoms with E-state index in [-0.39, 0.29) is 40.5 Å².